The molecule has 2 rings (SSSR count). The number of anilines is 1. The van der Waals surface area contributed by atoms with Crippen molar-refractivity contribution in [2.24, 2.45) is 5.73 Å². The molecule has 1 heterocycles. The third-order valence-electron chi connectivity index (χ3n) is 2.86. The van der Waals surface area contributed by atoms with Crippen LogP contribution in [0.4, 0.5) is 5.69 Å². The highest BCUT2D eigenvalue weighted by Gasteiger charge is 2.14. The first-order valence-corrected chi connectivity index (χ1v) is 8.41. The second-order valence-corrected chi connectivity index (χ2v) is 6.04. The lowest BCUT2D eigenvalue weighted by atomic mass is 10.2. The molecule has 0 aliphatic heterocycles. The van der Waals surface area contributed by atoms with Crippen molar-refractivity contribution in [3.8, 4) is 0 Å². The zero-order valence-electron chi connectivity index (χ0n) is 11.4. The van der Waals surface area contributed by atoms with Crippen LogP contribution < -0.4 is 11.1 Å². The third kappa shape index (κ3) is 3.59. The number of rotatable bonds is 5. The molecule has 0 saturated carbocycles. The van der Waals surface area contributed by atoms with E-state index in [1.807, 2.05) is 37.4 Å². The van der Waals surface area contributed by atoms with E-state index in [1.165, 1.54) is 11.3 Å². The van der Waals surface area contributed by atoms with Gasteiger partial charge in [-0.25, -0.2) is 4.98 Å². The number of hydrogen-bond acceptors (Lipinski definition) is 5. The first-order valence-electron chi connectivity index (χ1n) is 6.30. The Bertz CT molecular complexity index is 580. The van der Waals surface area contributed by atoms with Crippen molar-refractivity contribution in [2.45, 2.75) is 24.3 Å². The fourth-order valence-electron chi connectivity index (χ4n) is 1.61. The van der Waals surface area contributed by atoms with Gasteiger partial charge in [0.05, 0.1) is 6.04 Å². The summed E-state index contributed by atoms with van der Waals surface area (Å²) < 4.78 is 0. The quantitative estimate of drug-likeness (QED) is 0.829. The fourth-order valence-corrected chi connectivity index (χ4v) is 2.90. The van der Waals surface area contributed by atoms with Crippen LogP contribution in [-0.2, 0) is 0 Å². The standard InChI is InChI=1S/C14H17N3OS2/c1-3-11(15)14-17-12(8-20-14)13(18)16-9-4-6-10(19-2)7-5-9/h4-8,11H,3,15H2,1-2H3,(H,16,18). The van der Waals surface area contributed by atoms with Crippen molar-refractivity contribution < 1.29 is 4.79 Å². The summed E-state index contributed by atoms with van der Waals surface area (Å²) in [6.45, 7) is 2.00. The number of nitrogens with one attached hydrogen (secondary N) is 1. The van der Waals surface area contributed by atoms with Crippen LogP contribution in [-0.4, -0.2) is 17.1 Å². The Hall–Kier alpha value is -1.37. The molecule has 1 unspecified atom stereocenters. The average molecular weight is 307 g/mol. The van der Waals surface area contributed by atoms with Crippen molar-refractivity contribution >= 4 is 34.7 Å². The highest BCUT2D eigenvalue weighted by atomic mass is 32.2. The number of thiazole rings is 1. The van der Waals surface area contributed by atoms with Crippen LogP contribution >= 0.6 is 23.1 Å². The molecule has 3 N–H and O–H groups in total. The predicted octanol–water partition coefficient (Wildman–Crippen LogP) is 3.53. The summed E-state index contributed by atoms with van der Waals surface area (Å²) in [5.74, 6) is -0.201. The molecule has 0 bridgehead atoms. The Morgan fingerprint density at radius 3 is 2.75 bits per heavy atom. The Kier molecular flexibility index (Phi) is 5.17. The Morgan fingerprint density at radius 1 is 1.45 bits per heavy atom. The van der Waals surface area contributed by atoms with E-state index in [4.69, 9.17) is 5.73 Å². The topological polar surface area (TPSA) is 68.0 Å². The molecule has 4 nitrogen and oxygen atoms in total. The van der Waals surface area contributed by atoms with Gasteiger partial charge in [0, 0.05) is 16.0 Å². The molecule has 2 aromatic rings. The minimum Gasteiger partial charge on any atom is -0.322 e. The van der Waals surface area contributed by atoms with E-state index in [0.29, 0.717) is 5.69 Å². The number of nitrogens with zero attached hydrogens (tertiary/aromatic N) is 1. The number of thioether (sulfide) groups is 1. The van der Waals surface area contributed by atoms with E-state index >= 15 is 0 Å². The van der Waals surface area contributed by atoms with Gasteiger partial charge in [0.1, 0.15) is 10.7 Å². The smallest absolute Gasteiger partial charge is 0.275 e. The number of aromatic nitrogens is 1. The molecule has 0 aliphatic rings. The van der Waals surface area contributed by atoms with Crippen molar-refractivity contribution in [2.75, 3.05) is 11.6 Å². The summed E-state index contributed by atoms with van der Waals surface area (Å²) in [6, 6.07) is 7.62. The van der Waals surface area contributed by atoms with Crippen LogP contribution in [0.1, 0.15) is 34.9 Å². The predicted molar refractivity (Wildman–Crippen MR) is 85.5 cm³/mol. The molecule has 20 heavy (non-hydrogen) atoms. The van der Waals surface area contributed by atoms with Crippen LogP contribution in [0.25, 0.3) is 0 Å². The Labute approximate surface area is 126 Å². The molecule has 0 fully saturated rings. The monoisotopic (exact) mass is 307 g/mol. The molecule has 0 aliphatic carbocycles. The zero-order valence-corrected chi connectivity index (χ0v) is 13.1. The van der Waals surface area contributed by atoms with E-state index in [2.05, 4.69) is 10.3 Å². The van der Waals surface area contributed by atoms with Gasteiger partial charge >= 0.3 is 0 Å². The number of carbonyl (C=O) groups excluding carboxylic acids is 1. The van der Waals surface area contributed by atoms with Crippen LogP contribution in [0.15, 0.2) is 34.5 Å². The third-order valence-corrected chi connectivity index (χ3v) is 4.58. The normalized spacial score (nSPS) is 12.2. The fraction of sp³-hybridized carbons (Fsp3) is 0.286. The van der Waals surface area contributed by atoms with Gasteiger partial charge in [-0.15, -0.1) is 23.1 Å². The lowest BCUT2D eigenvalue weighted by Gasteiger charge is -2.04. The molecular formula is C14H17N3OS2. The van der Waals surface area contributed by atoms with Gasteiger partial charge in [-0.2, -0.15) is 0 Å². The summed E-state index contributed by atoms with van der Waals surface area (Å²) in [7, 11) is 0. The van der Waals surface area contributed by atoms with Crippen LogP contribution in [0, 0.1) is 0 Å². The lowest BCUT2D eigenvalue weighted by molar-refractivity contribution is 0.102. The number of amides is 1. The van der Waals surface area contributed by atoms with Crippen molar-refractivity contribution in [1.82, 2.24) is 4.98 Å². The van der Waals surface area contributed by atoms with Crippen molar-refractivity contribution in [3.05, 3.63) is 40.3 Å². The van der Waals surface area contributed by atoms with Gasteiger partial charge in [0.25, 0.3) is 5.91 Å². The maximum atomic E-state index is 12.1. The number of benzene rings is 1. The largest absolute Gasteiger partial charge is 0.322 e. The number of hydrogen-bond donors (Lipinski definition) is 2. The second kappa shape index (κ2) is 6.88. The molecular weight excluding hydrogens is 290 g/mol. The molecule has 0 spiro atoms. The van der Waals surface area contributed by atoms with E-state index in [0.717, 1.165) is 22.0 Å². The average Bonchev–Trinajstić information content (AvgIpc) is 2.97. The van der Waals surface area contributed by atoms with E-state index < -0.39 is 0 Å². The van der Waals surface area contributed by atoms with Crippen LogP contribution in [0.5, 0.6) is 0 Å². The van der Waals surface area contributed by atoms with Crippen molar-refractivity contribution in [1.29, 1.82) is 0 Å². The van der Waals surface area contributed by atoms with Crippen molar-refractivity contribution in [3.63, 3.8) is 0 Å². The highest BCUT2D eigenvalue weighted by Crippen LogP contribution is 2.21. The van der Waals surface area contributed by atoms with Crippen LogP contribution in [0.2, 0.25) is 0 Å². The first-order chi connectivity index (χ1) is 9.63. The first kappa shape index (κ1) is 15.0. The minimum absolute atomic E-state index is 0.0950. The molecule has 1 atom stereocenters. The summed E-state index contributed by atoms with van der Waals surface area (Å²) in [5, 5.41) is 5.38. The minimum atomic E-state index is -0.201. The Balaban J connectivity index is 2.05. The maximum absolute atomic E-state index is 12.1. The summed E-state index contributed by atoms with van der Waals surface area (Å²) in [6.07, 6.45) is 2.83. The maximum Gasteiger partial charge on any atom is 0.275 e. The van der Waals surface area contributed by atoms with Gasteiger partial charge < -0.3 is 11.1 Å². The molecule has 1 aromatic heterocycles. The van der Waals surface area contributed by atoms with Gasteiger partial charge in [0.2, 0.25) is 0 Å². The van der Waals surface area contributed by atoms with E-state index in [9.17, 15) is 4.79 Å². The van der Waals surface area contributed by atoms with E-state index in [-0.39, 0.29) is 11.9 Å². The second-order valence-electron chi connectivity index (χ2n) is 4.27. The molecule has 106 valence electrons. The zero-order chi connectivity index (χ0) is 14.5. The molecule has 0 radical (unpaired) electrons. The van der Waals surface area contributed by atoms with Gasteiger partial charge in [-0.3, -0.25) is 4.79 Å². The summed E-state index contributed by atoms with van der Waals surface area (Å²) in [5.41, 5.74) is 7.09. The summed E-state index contributed by atoms with van der Waals surface area (Å²) >= 11 is 3.09. The number of nitrogens with two attached hydrogens (primary N) is 1. The summed E-state index contributed by atoms with van der Waals surface area (Å²) in [4.78, 5) is 17.5. The van der Waals surface area contributed by atoms with Gasteiger partial charge in [0.15, 0.2) is 0 Å². The lowest BCUT2D eigenvalue weighted by Crippen LogP contribution is -2.13. The highest BCUT2D eigenvalue weighted by molar-refractivity contribution is 7.98. The molecule has 6 heteroatoms. The van der Waals surface area contributed by atoms with Crippen LogP contribution in [0.3, 0.4) is 0 Å². The SMILES string of the molecule is CCC(N)c1nc(C(=O)Nc2ccc(SC)cc2)cs1. The van der Waals surface area contributed by atoms with Gasteiger partial charge in [-0.05, 0) is 36.9 Å². The molecule has 0 saturated heterocycles. The van der Waals surface area contributed by atoms with E-state index in [1.54, 1.807) is 17.1 Å². The van der Waals surface area contributed by atoms with Gasteiger partial charge in [-0.1, -0.05) is 6.92 Å². The Morgan fingerprint density at radius 2 is 2.15 bits per heavy atom. The molecule has 1 aromatic carbocycles. The number of carbonyl (C=O) groups is 1. The molecule has 1 amide bonds.